The van der Waals surface area contributed by atoms with Crippen LogP contribution < -0.4 is 14.8 Å². The molecular formula is C23H22N2O3. The molecule has 5 nitrogen and oxygen atoms in total. The van der Waals surface area contributed by atoms with Crippen LogP contribution in [0.1, 0.15) is 11.1 Å². The SMILES string of the molecule is COc1cc(CNc2c3ccccc3nc3ccccc23)cc(CO)c1OC. The first-order chi connectivity index (χ1) is 13.7. The summed E-state index contributed by atoms with van der Waals surface area (Å²) in [6.07, 6.45) is 0. The number of benzene rings is 3. The van der Waals surface area contributed by atoms with Gasteiger partial charge in [0.2, 0.25) is 0 Å². The Balaban J connectivity index is 1.77. The first-order valence-corrected chi connectivity index (χ1v) is 9.11. The molecule has 3 aromatic carbocycles. The summed E-state index contributed by atoms with van der Waals surface area (Å²) in [7, 11) is 3.17. The molecule has 0 saturated carbocycles. The highest BCUT2D eigenvalue weighted by Gasteiger charge is 2.13. The standard InChI is InChI=1S/C23H22N2O3/c1-27-21-12-15(11-16(14-26)23(21)28-2)13-24-22-17-7-3-5-9-19(17)25-20-10-6-4-8-18(20)22/h3-12,26H,13-14H2,1-2H3,(H,24,25). The third-order valence-corrected chi connectivity index (χ3v) is 4.84. The van der Waals surface area contributed by atoms with Gasteiger partial charge >= 0.3 is 0 Å². The van der Waals surface area contributed by atoms with Crippen LogP contribution in [0.3, 0.4) is 0 Å². The Morgan fingerprint density at radius 2 is 1.54 bits per heavy atom. The highest BCUT2D eigenvalue weighted by Crippen LogP contribution is 2.34. The van der Waals surface area contributed by atoms with Gasteiger partial charge in [-0.15, -0.1) is 0 Å². The molecule has 0 fully saturated rings. The number of nitrogens with one attached hydrogen (secondary N) is 1. The second-order valence-corrected chi connectivity index (χ2v) is 6.52. The zero-order chi connectivity index (χ0) is 19.5. The fourth-order valence-electron chi connectivity index (χ4n) is 3.55. The second kappa shape index (κ2) is 7.74. The van der Waals surface area contributed by atoms with Crippen molar-refractivity contribution in [2.24, 2.45) is 0 Å². The normalized spacial score (nSPS) is 11.0. The molecule has 142 valence electrons. The average Bonchev–Trinajstić information content (AvgIpc) is 2.75. The zero-order valence-corrected chi connectivity index (χ0v) is 15.9. The smallest absolute Gasteiger partial charge is 0.166 e. The van der Waals surface area contributed by atoms with E-state index in [0.29, 0.717) is 23.6 Å². The number of aliphatic hydroxyl groups excluding tert-OH is 1. The number of hydrogen-bond acceptors (Lipinski definition) is 5. The maximum atomic E-state index is 9.70. The van der Waals surface area contributed by atoms with Crippen molar-refractivity contribution in [3.05, 3.63) is 71.8 Å². The van der Waals surface area contributed by atoms with E-state index in [9.17, 15) is 5.11 Å². The number of fused-ring (bicyclic) bond motifs is 2. The largest absolute Gasteiger partial charge is 0.493 e. The van der Waals surface area contributed by atoms with Crippen LogP contribution in [0.4, 0.5) is 5.69 Å². The maximum Gasteiger partial charge on any atom is 0.166 e. The van der Waals surface area contributed by atoms with Gasteiger partial charge in [0.1, 0.15) is 0 Å². The lowest BCUT2D eigenvalue weighted by Gasteiger charge is -2.16. The summed E-state index contributed by atoms with van der Waals surface area (Å²) in [6.45, 7) is 0.458. The van der Waals surface area contributed by atoms with Gasteiger partial charge in [-0.05, 0) is 29.8 Å². The van der Waals surface area contributed by atoms with Crippen LogP contribution in [0.2, 0.25) is 0 Å². The number of anilines is 1. The number of ether oxygens (including phenoxy) is 2. The minimum atomic E-state index is -0.117. The summed E-state index contributed by atoms with van der Waals surface area (Å²) in [5.41, 5.74) is 4.63. The molecule has 1 aromatic heterocycles. The van der Waals surface area contributed by atoms with Gasteiger partial charge < -0.3 is 19.9 Å². The number of rotatable bonds is 6. The van der Waals surface area contributed by atoms with E-state index in [1.54, 1.807) is 14.2 Å². The summed E-state index contributed by atoms with van der Waals surface area (Å²) in [5, 5.41) is 15.4. The number of nitrogens with zero attached hydrogens (tertiary/aromatic N) is 1. The topological polar surface area (TPSA) is 63.6 Å². The predicted molar refractivity (Wildman–Crippen MR) is 112 cm³/mol. The number of pyridine rings is 1. The molecule has 0 aliphatic heterocycles. The number of aliphatic hydroxyl groups is 1. The highest BCUT2D eigenvalue weighted by molar-refractivity contribution is 6.07. The van der Waals surface area contributed by atoms with Crippen LogP contribution in [0.5, 0.6) is 11.5 Å². The van der Waals surface area contributed by atoms with Crippen LogP contribution in [0.15, 0.2) is 60.7 Å². The van der Waals surface area contributed by atoms with Crippen molar-refractivity contribution in [2.45, 2.75) is 13.2 Å². The van der Waals surface area contributed by atoms with Gasteiger partial charge in [-0.3, -0.25) is 0 Å². The molecule has 0 amide bonds. The van der Waals surface area contributed by atoms with Crippen molar-refractivity contribution in [2.75, 3.05) is 19.5 Å². The van der Waals surface area contributed by atoms with Crippen LogP contribution in [0.25, 0.3) is 21.8 Å². The molecule has 0 spiro atoms. The van der Waals surface area contributed by atoms with E-state index < -0.39 is 0 Å². The van der Waals surface area contributed by atoms with Gasteiger partial charge in [-0.1, -0.05) is 36.4 Å². The number of para-hydroxylation sites is 2. The van der Waals surface area contributed by atoms with Gasteiger partial charge in [-0.2, -0.15) is 0 Å². The fraction of sp³-hybridized carbons (Fsp3) is 0.174. The molecule has 0 aliphatic carbocycles. The number of aromatic nitrogens is 1. The van der Waals surface area contributed by atoms with Crippen LogP contribution in [-0.4, -0.2) is 24.3 Å². The Hall–Kier alpha value is -3.31. The summed E-state index contributed by atoms with van der Waals surface area (Å²) in [6, 6.07) is 20.1. The molecule has 4 aromatic rings. The van der Waals surface area contributed by atoms with Crippen LogP contribution in [0, 0.1) is 0 Å². The van der Waals surface area contributed by atoms with E-state index in [-0.39, 0.29) is 6.61 Å². The van der Waals surface area contributed by atoms with Crippen LogP contribution in [-0.2, 0) is 13.2 Å². The van der Waals surface area contributed by atoms with E-state index >= 15 is 0 Å². The third-order valence-electron chi connectivity index (χ3n) is 4.84. The average molecular weight is 374 g/mol. The van der Waals surface area contributed by atoms with Crippen molar-refractivity contribution >= 4 is 27.5 Å². The predicted octanol–water partition coefficient (Wildman–Crippen LogP) is 4.51. The van der Waals surface area contributed by atoms with Gasteiger partial charge in [0, 0.05) is 22.9 Å². The Kier molecular flexibility index (Phi) is 5.00. The lowest BCUT2D eigenvalue weighted by molar-refractivity contribution is 0.269. The molecule has 1 heterocycles. The first-order valence-electron chi connectivity index (χ1n) is 9.11. The van der Waals surface area contributed by atoms with E-state index in [1.165, 1.54) is 0 Å². The molecule has 28 heavy (non-hydrogen) atoms. The molecule has 0 aliphatic rings. The fourth-order valence-corrected chi connectivity index (χ4v) is 3.55. The van der Waals surface area contributed by atoms with Crippen molar-refractivity contribution in [3.8, 4) is 11.5 Å². The molecule has 5 heteroatoms. The monoisotopic (exact) mass is 374 g/mol. The zero-order valence-electron chi connectivity index (χ0n) is 15.9. The second-order valence-electron chi connectivity index (χ2n) is 6.52. The molecule has 4 rings (SSSR count). The Morgan fingerprint density at radius 3 is 2.11 bits per heavy atom. The van der Waals surface area contributed by atoms with Gasteiger partial charge in [0.15, 0.2) is 11.5 Å². The minimum Gasteiger partial charge on any atom is -0.493 e. The Labute approximate surface area is 163 Å². The molecule has 0 saturated heterocycles. The molecule has 0 bridgehead atoms. The third kappa shape index (κ3) is 3.21. The summed E-state index contributed by atoms with van der Waals surface area (Å²) >= 11 is 0. The molecule has 2 N–H and O–H groups in total. The van der Waals surface area contributed by atoms with Gasteiger partial charge in [0.05, 0.1) is 37.5 Å². The Morgan fingerprint density at radius 1 is 0.893 bits per heavy atom. The minimum absolute atomic E-state index is 0.117. The van der Waals surface area contributed by atoms with Gasteiger partial charge in [-0.25, -0.2) is 4.98 Å². The lowest BCUT2D eigenvalue weighted by atomic mass is 10.1. The highest BCUT2D eigenvalue weighted by atomic mass is 16.5. The summed E-state index contributed by atoms with van der Waals surface area (Å²) < 4.78 is 10.8. The number of hydrogen-bond donors (Lipinski definition) is 2. The molecular weight excluding hydrogens is 352 g/mol. The molecule has 0 unspecified atom stereocenters. The van der Waals surface area contributed by atoms with E-state index in [4.69, 9.17) is 14.5 Å². The summed E-state index contributed by atoms with van der Waals surface area (Å²) in [5.74, 6) is 1.17. The Bertz CT molecular complexity index is 1060. The van der Waals surface area contributed by atoms with Crippen molar-refractivity contribution in [1.29, 1.82) is 0 Å². The van der Waals surface area contributed by atoms with Gasteiger partial charge in [0.25, 0.3) is 0 Å². The quantitative estimate of drug-likeness (QED) is 0.486. The number of methoxy groups -OCH3 is 2. The van der Waals surface area contributed by atoms with E-state index in [1.807, 2.05) is 48.5 Å². The van der Waals surface area contributed by atoms with Crippen LogP contribution >= 0.6 is 0 Å². The van der Waals surface area contributed by atoms with Crippen molar-refractivity contribution < 1.29 is 14.6 Å². The summed E-state index contributed by atoms with van der Waals surface area (Å²) in [4.78, 5) is 4.76. The maximum absolute atomic E-state index is 9.70. The van der Waals surface area contributed by atoms with E-state index in [0.717, 1.165) is 33.1 Å². The first kappa shape index (κ1) is 18.1. The van der Waals surface area contributed by atoms with Crippen molar-refractivity contribution in [1.82, 2.24) is 4.98 Å². The lowest BCUT2D eigenvalue weighted by Crippen LogP contribution is -2.04. The van der Waals surface area contributed by atoms with E-state index in [2.05, 4.69) is 17.4 Å². The molecule has 0 radical (unpaired) electrons. The molecule has 0 atom stereocenters. The van der Waals surface area contributed by atoms with Crippen molar-refractivity contribution in [3.63, 3.8) is 0 Å².